The van der Waals surface area contributed by atoms with Gasteiger partial charge in [-0.15, -0.1) is 0 Å². The van der Waals surface area contributed by atoms with Gasteiger partial charge in [0, 0.05) is 12.1 Å². The molecule has 0 bridgehead atoms. The van der Waals surface area contributed by atoms with Crippen molar-refractivity contribution in [1.82, 2.24) is 5.32 Å². The van der Waals surface area contributed by atoms with Crippen molar-refractivity contribution < 1.29 is 27.8 Å². The van der Waals surface area contributed by atoms with E-state index in [1.165, 1.54) is 7.11 Å². The fraction of sp³-hybridized carbons (Fsp3) is 0.345. The van der Waals surface area contributed by atoms with Gasteiger partial charge in [-0.1, -0.05) is 60.7 Å². The molecule has 1 atom stereocenters. The number of rotatable bonds is 13. The van der Waals surface area contributed by atoms with E-state index in [0.717, 1.165) is 22.9 Å². The van der Waals surface area contributed by atoms with Crippen LogP contribution in [0.4, 0.5) is 5.69 Å². The Balaban J connectivity index is 1.67. The van der Waals surface area contributed by atoms with Crippen LogP contribution in [0.3, 0.4) is 0 Å². The van der Waals surface area contributed by atoms with Crippen LogP contribution in [0.1, 0.15) is 42.2 Å². The Morgan fingerprint density at radius 1 is 0.974 bits per heavy atom. The van der Waals surface area contributed by atoms with Gasteiger partial charge in [-0.3, -0.25) is 9.52 Å². The minimum atomic E-state index is -3.56. The highest BCUT2D eigenvalue weighted by molar-refractivity contribution is 7.92. The molecular weight excluding hydrogens is 504 g/mol. The number of aliphatic hydroxyl groups excluding tert-OH is 1. The molecule has 3 rings (SSSR count). The van der Waals surface area contributed by atoms with Gasteiger partial charge in [-0.2, -0.15) is 0 Å². The van der Waals surface area contributed by atoms with E-state index in [1.807, 2.05) is 68.4 Å². The Kier molecular flexibility index (Phi) is 9.90. The third-order valence-electron chi connectivity index (χ3n) is 5.91. The average molecular weight is 541 g/mol. The number of benzene rings is 3. The summed E-state index contributed by atoms with van der Waals surface area (Å²) in [6.07, 6.45) is 1.07. The number of hydrogen-bond donors (Lipinski definition) is 3. The van der Waals surface area contributed by atoms with E-state index < -0.39 is 16.1 Å². The van der Waals surface area contributed by atoms with Gasteiger partial charge in [0.15, 0.2) is 0 Å². The van der Waals surface area contributed by atoms with E-state index in [1.54, 1.807) is 18.2 Å². The molecule has 0 aliphatic carbocycles. The number of hydrogen-bond acceptors (Lipinski definition) is 7. The highest BCUT2D eigenvalue weighted by atomic mass is 32.2. The highest BCUT2D eigenvalue weighted by Gasteiger charge is 2.21. The quantitative estimate of drug-likeness (QED) is 0.281. The molecule has 0 aliphatic rings. The molecule has 3 aromatic carbocycles. The number of carbonyl (C=O) groups is 1. The molecule has 3 aromatic rings. The van der Waals surface area contributed by atoms with Gasteiger partial charge < -0.3 is 19.9 Å². The van der Waals surface area contributed by atoms with E-state index in [4.69, 9.17) is 9.47 Å². The monoisotopic (exact) mass is 540 g/mol. The third-order valence-corrected chi connectivity index (χ3v) is 6.50. The summed E-state index contributed by atoms with van der Waals surface area (Å²) in [4.78, 5) is 11.6. The number of methoxy groups -OCH3 is 1. The van der Waals surface area contributed by atoms with Crippen LogP contribution in [0.2, 0.25) is 0 Å². The first-order valence-corrected chi connectivity index (χ1v) is 14.2. The van der Waals surface area contributed by atoms with Crippen molar-refractivity contribution in [2.75, 3.05) is 24.6 Å². The summed E-state index contributed by atoms with van der Waals surface area (Å²) in [5, 5.41) is 14.3. The summed E-state index contributed by atoms with van der Waals surface area (Å²) in [5.74, 6) is 0.0826. The summed E-state index contributed by atoms with van der Waals surface area (Å²) >= 11 is 0. The molecule has 0 amide bonds. The van der Waals surface area contributed by atoms with Crippen molar-refractivity contribution in [2.24, 2.45) is 0 Å². The maximum Gasteiger partial charge on any atom is 0.309 e. The van der Waals surface area contributed by atoms with Gasteiger partial charge >= 0.3 is 5.97 Å². The average Bonchev–Trinajstić information content (AvgIpc) is 2.86. The molecule has 0 spiro atoms. The van der Waals surface area contributed by atoms with Crippen molar-refractivity contribution in [3.8, 4) is 5.75 Å². The smallest absolute Gasteiger partial charge is 0.309 e. The Hall–Kier alpha value is -3.40. The second-order valence-corrected chi connectivity index (χ2v) is 11.7. The van der Waals surface area contributed by atoms with Crippen LogP contribution in [-0.4, -0.2) is 44.9 Å². The van der Waals surface area contributed by atoms with E-state index in [0.29, 0.717) is 17.7 Å². The number of β-amino-alcohol motifs (C(OH)–C–C–N with tert-alkyl or cyclic N) is 1. The maximum absolute atomic E-state index is 12.0. The number of ether oxygens (including phenoxy) is 2. The molecule has 0 saturated carbocycles. The molecule has 0 aliphatic heterocycles. The van der Waals surface area contributed by atoms with Crippen molar-refractivity contribution in [2.45, 2.75) is 44.9 Å². The summed E-state index contributed by atoms with van der Waals surface area (Å²) in [6.45, 7) is 4.59. The SMILES string of the molecule is COC(=O)Cc1cccc(CC(C)(C)NC[C@H](O)c2ccc(OCc3ccccc3)c(NS(C)(=O)=O)c2)c1. The summed E-state index contributed by atoms with van der Waals surface area (Å²) in [6, 6.07) is 22.3. The van der Waals surface area contributed by atoms with Crippen LogP contribution in [0, 0.1) is 0 Å². The summed E-state index contributed by atoms with van der Waals surface area (Å²) in [7, 11) is -2.19. The van der Waals surface area contributed by atoms with Crippen molar-refractivity contribution in [1.29, 1.82) is 0 Å². The fourth-order valence-corrected chi connectivity index (χ4v) is 4.61. The number of sulfonamides is 1. The van der Waals surface area contributed by atoms with Crippen LogP contribution < -0.4 is 14.8 Å². The highest BCUT2D eigenvalue weighted by Crippen LogP contribution is 2.30. The van der Waals surface area contributed by atoms with E-state index in [2.05, 4.69) is 10.0 Å². The second-order valence-electron chi connectivity index (χ2n) is 9.93. The van der Waals surface area contributed by atoms with E-state index in [9.17, 15) is 18.3 Å². The molecule has 204 valence electrons. The number of anilines is 1. The first-order valence-electron chi connectivity index (χ1n) is 12.3. The fourth-order valence-electron chi connectivity index (χ4n) is 4.05. The minimum absolute atomic E-state index is 0.214. The predicted octanol–water partition coefficient (Wildman–Crippen LogP) is 4.00. The van der Waals surface area contributed by atoms with Gasteiger partial charge in [0.05, 0.1) is 31.6 Å². The maximum atomic E-state index is 12.0. The minimum Gasteiger partial charge on any atom is -0.487 e. The third kappa shape index (κ3) is 9.48. The normalized spacial score (nSPS) is 12.6. The summed E-state index contributed by atoms with van der Waals surface area (Å²) in [5.41, 5.74) is 3.33. The lowest BCUT2D eigenvalue weighted by Crippen LogP contribution is -2.43. The zero-order valence-corrected chi connectivity index (χ0v) is 23.0. The lowest BCUT2D eigenvalue weighted by molar-refractivity contribution is -0.139. The van der Waals surface area contributed by atoms with Crippen molar-refractivity contribution >= 4 is 21.7 Å². The first kappa shape index (κ1) is 29.2. The molecule has 0 radical (unpaired) electrons. The molecule has 0 fully saturated rings. The van der Waals surface area contributed by atoms with Crippen LogP contribution in [0.15, 0.2) is 72.8 Å². The lowest BCUT2D eigenvalue weighted by atomic mass is 9.93. The summed E-state index contributed by atoms with van der Waals surface area (Å²) < 4.78 is 37.1. The molecule has 0 unspecified atom stereocenters. The standard InChI is InChI=1S/C29H36N2O6S/c1-29(2,18-23-12-8-11-22(15-23)16-28(33)36-3)30-19-26(32)24-13-14-27(25(17-24)31-38(4,34)35)37-20-21-9-6-5-7-10-21/h5-15,17,26,30-32H,16,18-20H2,1-4H3/t26-/m0/s1. The molecular formula is C29H36N2O6S. The Labute approximate surface area is 225 Å². The largest absolute Gasteiger partial charge is 0.487 e. The molecule has 3 N–H and O–H groups in total. The molecule has 0 saturated heterocycles. The molecule has 9 heteroatoms. The Morgan fingerprint density at radius 2 is 1.66 bits per heavy atom. The number of esters is 1. The number of nitrogens with one attached hydrogen (secondary N) is 2. The van der Waals surface area contributed by atoms with Gasteiger partial charge in [0.25, 0.3) is 0 Å². The Bertz CT molecular complexity index is 1330. The number of aliphatic hydroxyl groups is 1. The van der Waals surface area contributed by atoms with E-state index in [-0.39, 0.29) is 36.8 Å². The number of carbonyl (C=O) groups excluding carboxylic acids is 1. The predicted molar refractivity (Wildman–Crippen MR) is 149 cm³/mol. The molecule has 0 aromatic heterocycles. The van der Waals surface area contributed by atoms with Gasteiger partial charge in [-0.25, -0.2) is 8.42 Å². The van der Waals surface area contributed by atoms with Crippen LogP contribution in [0.5, 0.6) is 5.75 Å². The van der Waals surface area contributed by atoms with E-state index >= 15 is 0 Å². The van der Waals surface area contributed by atoms with Crippen molar-refractivity contribution in [3.63, 3.8) is 0 Å². The Morgan fingerprint density at radius 3 is 2.34 bits per heavy atom. The first-order chi connectivity index (χ1) is 17.9. The molecule has 0 heterocycles. The van der Waals surface area contributed by atoms with Gasteiger partial charge in [0.2, 0.25) is 10.0 Å². The second kappa shape index (κ2) is 12.9. The zero-order valence-electron chi connectivity index (χ0n) is 22.2. The van der Waals surface area contributed by atoms with Crippen LogP contribution >= 0.6 is 0 Å². The zero-order chi connectivity index (χ0) is 27.8. The van der Waals surface area contributed by atoms with Gasteiger partial charge in [0.1, 0.15) is 12.4 Å². The van der Waals surface area contributed by atoms with Gasteiger partial charge in [-0.05, 0) is 54.7 Å². The molecule has 8 nitrogen and oxygen atoms in total. The molecule has 38 heavy (non-hydrogen) atoms. The van der Waals surface area contributed by atoms with Crippen LogP contribution in [-0.2, 0) is 39.0 Å². The topological polar surface area (TPSA) is 114 Å². The van der Waals surface area contributed by atoms with Crippen molar-refractivity contribution in [3.05, 3.63) is 95.1 Å². The lowest BCUT2D eigenvalue weighted by Gasteiger charge is -2.28. The van der Waals surface area contributed by atoms with Crippen LogP contribution in [0.25, 0.3) is 0 Å².